The van der Waals surface area contributed by atoms with Gasteiger partial charge in [-0.1, -0.05) is 10.4 Å². The second-order valence-corrected chi connectivity index (χ2v) is 8.85. The molecule has 0 bridgehead atoms. The molecule has 0 amide bonds. The monoisotopic (exact) mass is 604 g/mol. The highest BCUT2D eigenvalue weighted by Crippen LogP contribution is 2.33. The SMILES string of the molecule is COC(=O)c1nnn(C)c1N=Nc1c(C)nn(-c2cc(-n3nc(C)c(N=Nc4c(C(=O)OC)nnn4C)c3N)ncn2)c1N. The van der Waals surface area contributed by atoms with Crippen LogP contribution < -0.4 is 11.5 Å². The molecule has 0 atom stereocenters. The van der Waals surface area contributed by atoms with Crippen LogP contribution in [-0.2, 0) is 23.6 Å². The van der Waals surface area contributed by atoms with Crippen molar-refractivity contribution in [2.24, 2.45) is 34.6 Å². The van der Waals surface area contributed by atoms with Crippen LogP contribution in [0.5, 0.6) is 0 Å². The van der Waals surface area contributed by atoms with Gasteiger partial charge in [-0.25, -0.2) is 28.9 Å². The topological polar surface area (TPSA) is 277 Å². The Bertz CT molecular complexity index is 1830. The first-order chi connectivity index (χ1) is 21.0. The number of azo groups is 2. The molecule has 0 saturated carbocycles. The van der Waals surface area contributed by atoms with Crippen molar-refractivity contribution < 1.29 is 19.1 Å². The molecule has 4 N–H and O–H groups in total. The molecule has 0 aliphatic rings. The van der Waals surface area contributed by atoms with Crippen LogP contribution in [0.3, 0.4) is 0 Å². The summed E-state index contributed by atoms with van der Waals surface area (Å²) in [4.78, 5) is 32.5. The predicted octanol–water partition coefficient (Wildman–Crippen LogP) is 1.29. The molecule has 0 radical (unpaired) electrons. The van der Waals surface area contributed by atoms with Crippen molar-refractivity contribution in [3.05, 3.63) is 35.2 Å². The molecule has 0 saturated heterocycles. The van der Waals surface area contributed by atoms with Crippen molar-refractivity contribution in [3.8, 4) is 11.6 Å². The lowest BCUT2D eigenvalue weighted by molar-refractivity contribution is 0.0586. The van der Waals surface area contributed by atoms with Crippen LogP contribution in [0.1, 0.15) is 32.4 Å². The summed E-state index contributed by atoms with van der Waals surface area (Å²) in [7, 11) is 5.51. The molecule has 22 heteroatoms. The highest BCUT2D eigenvalue weighted by Gasteiger charge is 2.23. The van der Waals surface area contributed by atoms with E-state index in [-0.39, 0.29) is 57.7 Å². The highest BCUT2D eigenvalue weighted by atomic mass is 16.5. The first-order valence-electron chi connectivity index (χ1n) is 12.4. The lowest BCUT2D eigenvalue weighted by Crippen LogP contribution is -2.09. The third-order valence-electron chi connectivity index (χ3n) is 6.04. The maximum absolute atomic E-state index is 12.0. The molecule has 0 aliphatic carbocycles. The van der Waals surface area contributed by atoms with E-state index in [0.29, 0.717) is 11.4 Å². The number of methoxy groups -OCH3 is 2. The quantitative estimate of drug-likeness (QED) is 0.186. The van der Waals surface area contributed by atoms with Gasteiger partial charge in [0.05, 0.1) is 25.6 Å². The Kier molecular flexibility index (Phi) is 7.53. The van der Waals surface area contributed by atoms with Gasteiger partial charge in [0.15, 0.2) is 34.6 Å². The second kappa shape index (κ2) is 11.4. The number of nitrogens with two attached hydrogens (primary N) is 2. The first-order valence-corrected chi connectivity index (χ1v) is 12.4. The maximum Gasteiger partial charge on any atom is 0.362 e. The van der Waals surface area contributed by atoms with Crippen LogP contribution in [0.2, 0.25) is 0 Å². The van der Waals surface area contributed by atoms with Gasteiger partial charge < -0.3 is 20.9 Å². The summed E-state index contributed by atoms with van der Waals surface area (Å²) >= 11 is 0. The summed E-state index contributed by atoms with van der Waals surface area (Å²) < 4.78 is 14.6. The molecule has 0 spiro atoms. The van der Waals surface area contributed by atoms with Crippen molar-refractivity contribution >= 4 is 46.6 Å². The molecular formula is C22H24N18O4. The minimum absolute atomic E-state index is 0.0615. The van der Waals surface area contributed by atoms with Crippen molar-refractivity contribution in [3.63, 3.8) is 0 Å². The van der Waals surface area contributed by atoms with E-state index in [2.05, 4.69) is 61.2 Å². The van der Waals surface area contributed by atoms with E-state index >= 15 is 0 Å². The van der Waals surface area contributed by atoms with Crippen LogP contribution in [0.4, 0.5) is 34.6 Å². The first kappa shape index (κ1) is 29.0. The number of aryl methyl sites for hydroxylation is 4. The lowest BCUT2D eigenvalue weighted by Gasteiger charge is -2.06. The minimum Gasteiger partial charge on any atom is -0.464 e. The zero-order valence-corrected chi connectivity index (χ0v) is 24.1. The van der Waals surface area contributed by atoms with E-state index < -0.39 is 11.9 Å². The normalized spacial score (nSPS) is 11.6. The molecule has 5 aromatic heterocycles. The van der Waals surface area contributed by atoms with E-state index in [1.54, 1.807) is 27.9 Å². The average Bonchev–Trinajstić information content (AvgIpc) is 3.74. The standard InChI is InChI=1S/C22H24N18O4/c1-9-13(27-31-19-15(21(41)43-5)29-35-37(19)3)17(23)39(33-9)11-7-12(26-8-25-11)40-18(24)14(10(2)34-40)28-32-20-16(22(42)44-6)30-36-38(20)4/h7-8H,23-24H2,1-6H3. The second-order valence-electron chi connectivity index (χ2n) is 8.85. The number of hydrogen-bond donors (Lipinski definition) is 2. The Hall–Kier alpha value is -6.48. The Morgan fingerprint density at radius 3 is 1.52 bits per heavy atom. The molecular weight excluding hydrogens is 580 g/mol. The van der Waals surface area contributed by atoms with Crippen molar-refractivity contribution in [1.29, 1.82) is 0 Å². The number of carbonyl (C=O) groups is 2. The van der Waals surface area contributed by atoms with Crippen LogP contribution in [0.15, 0.2) is 32.9 Å². The van der Waals surface area contributed by atoms with Gasteiger partial charge in [-0.15, -0.1) is 30.7 Å². The molecule has 0 fully saturated rings. The Balaban J connectivity index is 1.47. The molecule has 5 aromatic rings. The summed E-state index contributed by atoms with van der Waals surface area (Å²) in [5.41, 5.74) is 13.8. The van der Waals surface area contributed by atoms with Crippen LogP contribution in [0, 0.1) is 13.8 Å². The molecule has 226 valence electrons. The maximum atomic E-state index is 12.0. The molecule has 5 heterocycles. The predicted molar refractivity (Wildman–Crippen MR) is 148 cm³/mol. The Morgan fingerprint density at radius 2 is 1.14 bits per heavy atom. The fourth-order valence-corrected chi connectivity index (χ4v) is 3.82. The van der Waals surface area contributed by atoms with Crippen molar-refractivity contribution in [1.82, 2.24) is 59.5 Å². The average molecular weight is 605 g/mol. The number of rotatable bonds is 8. The van der Waals surface area contributed by atoms with E-state index in [0.717, 1.165) is 0 Å². The van der Waals surface area contributed by atoms with Crippen LogP contribution in [-0.4, -0.2) is 85.7 Å². The molecule has 0 unspecified atom stereocenters. The number of aromatic nitrogens is 12. The van der Waals surface area contributed by atoms with Gasteiger partial charge >= 0.3 is 11.9 Å². The van der Waals surface area contributed by atoms with Crippen LogP contribution >= 0.6 is 0 Å². The number of nitrogen functional groups attached to an aromatic ring is 2. The van der Waals surface area contributed by atoms with Gasteiger partial charge in [-0.05, 0) is 13.8 Å². The largest absolute Gasteiger partial charge is 0.464 e. The summed E-state index contributed by atoms with van der Waals surface area (Å²) in [6.07, 6.45) is 1.27. The Labute approximate surface area is 246 Å². The molecule has 0 aromatic carbocycles. The van der Waals surface area contributed by atoms with Gasteiger partial charge in [-0.2, -0.15) is 19.6 Å². The fourth-order valence-electron chi connectivity index (χ4n) is 3.82. The van der Waals surface area contributed by atoms with Crippen molar-refractivity contribution in [2.75, 3.05) is 25.7 Å². The zero-order chi connectivity index (χ0) is 31.7. The molecule has 5 rings (SSSR count). The number of nitrogens with zero attached hydrogens (tertiary/aromatic N) is 16. The number of carbonyl (C=O) groups excluding carboxylic acids is 2. The van der Waals surface area contributed by atoms with E-state index in [4.69, 9.17) is 20.9 Å². The minimum atomic E-state index is -0.723. The van der Waals surface area contributed by atoms with E-state index in [9.17, 15) is 9.59 Å². The lowest BCUT2D eigenvalue weighted by atomic mass is 10.4. The highest BCUT2D eigenvalue weighted by molar-refractivity contribution is 5.92. The van der Waals surface area contributed by atoms with Gasteiger partial charge in [0.2, 0.25) is 23.0 Å². The Morgan fingerprint density at radius 1 is 0.727 bits per heavy atom. The zero-order valence-electron chi connectivity index (χ0n) is 24.1. The fraction of sp³-hybridized carbons (Fsp3) is 0.273. The molecule has 44 heavy (non-hydrogen) atoms. The number of hydrogen-bond acceptors (Lipinski definition) is 18. The summed E-state index contributed by atoms with van der Waals surface area (Å²) in [5.74, 6) is -0.621. The van der Waals surface area contributed by atoms with Gasteiger partial charge in [0.1, 0.15) is 6.33 Å². The van der Waals surface area contributed by atoms with Gasteiger partial charge in [-0.3, -0.25) is 0 Å². The summed E-state index contributed by atoms with van der Waals surface area (Å²) in [6, 6.07) is 1.54. The number of anilines is 2. The molecule has 22 nitrogen and oxygen atoms in total. The number of ether oxygens (including phenoxy) is 2. The van der Waals surface area contributed by atoms with Gasteiger partial charge in [0.25, 0.3) is 0 Å². The van der Waals surface area contributed by atoms with Crippen LogP contribution in [0.25, 0.3) is 11.6 Å². The van der Waals surface area contributed by atoms with E-state index in [1.165, 1.54) is 45.3 Å². The number of esters is 2. The third-order valence-corrected chi connectivity index (χ3v) is 6.04. The third kappa shape index (κ3) is 5.05. The van der Waals surface area contributed by atoms with Crippen molar-refractivity contribution in [2.45, 2.75) is 13.8 Å². The smallest absolute Gasteiger partial charge is 0.362 e. The molecule has 0 aliphatic heterocycles. The summed E-state index contributed by atoms with van der Waals surface area (Å²) in [6.45, 7) is 3.34. The van der Waals surface area contributed by atoms with E-state index in [1.807, 2.05) is 0 Å². The van der Waals surface area contributed by atoms with Gasteiger partial charge in [0, 0.05) is 20.2 Å². The summed E-state index contributed by atoms with van der Waals surface area (Å²) in [5, 5.41) is 40.5.